The highest BCUT2D eigenvalue weighted by Gasteiger charge is 2.43. The number of rotatable bonds is 6. The summed E-state index contributed by atoms with van der Waals surface area (Å²) in [5, 5.41) is 3.53. The molecule has 1 aromatic carbocycles. The van der Waals surface area contributed by atoms with Crippen molar-refractivity contribution in [1.29, 1.82) is 0 Å². The fourth-order valence-corrected chi connectivity index (χ4v) is 4.15. The first kappa shape index (κ1) is 23.3. The number of amides is 1. The molecular weight excluding hydrogens is 407 g/mol. The molecule has 0 unspecified atom stereocenters. The Morgan fingerprint density at radius 2 is 1.76 bits per heavy atom. The molecule has 162 valence electrons. The minimum Gasteiger partial charge on any atom is -0.445 e. The largest absolute Gasteiger partial charge is 0.445 e. The molecule has 1 aliphatic rings. The predicted octanol–water partition coefficient (Wildman–Crippen LogP) is 3.57. The zero-order chi connectivity index (χ0) is 21.7. The molecule has 1 aromatic rings. The van der Waals surface area contributed by atoms with E-state index >= 15 is 0 Å². The summed E-state index contributed by atoms with van der Waals surface area (Å²) in [6, 6.07) is 7.87. The summed E-state index contributed by atoms with van der Waals surface area (Å²) in [4.78, 5) is 24.8. The van der Waals surface area contributed by atoms with Gasteiger partial charge >= 0.3 is 12.3 Å². The lowest BCUT2D eigenvalue weighted by Crippen LogP contribution is -2.48. The van der Waals surface area contributed by atoms with Crippen LogP contribution in [0.15, 0.2) is 30.3 Å². The zero-order valence-corrected chi connectivity index (χ0v) is 17.2. The number of hydrogen-bond donors (Lipinski definition) is 1. The van der Waals surface area contributed by atoms with E-state index < -0.39 is 45.5 Å². The van der Waals surface area contributed by atoms with Gasteiger partial charge in [0.05, 0.1) is 12.0 Å². The van der Waals surface area contributed by atoms with Crippen LogP contribution in [-0.4, -0.2) is 46.2 Å². The van der Waals surface area contributed by atoms with Crippen LogP contribution in [0.1, 0.15) is 31.2 Å². The number of carbonyl (C=O) groups excluding carboxylic acids is 2. The molecule has 0 radical (unpaired) electrons. The van der Waals surface area contributed by atoms with Crippen molar-refractivity contribution in [3.8, 4) is 0 Å². The number of carbonyl (C=O) groups is 2. The Balaban J connectivity index is 2.06. The smallest absolute Gasteiger partial charge is 0.408 e. The first-order chi connectivity index (χ1) is 13.5. The quantitative estimate of drug-likeness (QED) is 0.697. The van der Waals surface area contributed by atoms with Gasteiger partial charge in [-0.15, -0.1) is 0 Å². The van der Waals surface area contributed by atoms with Gasteiger partial charge in [0.2, 0.25) is 0 Å². The molecule has 1 N–H and O–H groups in total. The number of hydrogen-bond acceptors (Lipinski definition) is 4. The second kappa shape index (κ2) is 9.65. The Hall–Kier alpha value is -2.03. The maximum Gasteiger partial charge on any atom is 0.408 e. The van der Waals surface area contributed by atoms with E-state index in [-0.39, 0.29) is 32.3 Å². The topological polar surface area (TPSA) is 72.5 Å². The minimum atomic E-state index is -4.26. The molecule has 2 rings (SSSR count). The Morgan fingerprint density at radius 3 is 2.28 bits per heavy atom. The first-order valence-electron chi connectivity index (χ1n) is 9.32. The molecule has 0 heterocycles. The molecule has 5 nitrogen and oxygen atoms in total. The van der Waals surface area contributed by atoms with Gasteiger partial charge in [-0.25, -0.2) is 4.79 Å². The van der Waals surface area contributed by atoms with Gasteiger partial charge in [0.1, 0.15) is 6.61 Å². The Kier molecular flexibility index (Phi) is 7.73. The summed E-state index contributed by atoms with van der Waals surface area (Å²) in [5.74, 6) is -2.43. The third kappa shape index (κ3) is 7.72. The van der Waals surface area contributed by atoms with Crippen molar-refractivity contribution in [1.82, 2.24) is 5.32 Å². The molecule has 0 aromatic heterocycles. The van der Waals surface area contributed by atoms with Gasteiger partial charge in [-0.2, -0.15) is 13.2 Å². The number of ketones is 1. The van der Waals surface area contributed by atoms with E-state index in [0.717, 1.165) is 10.9 Å². The van der Waals surface area contributed by atoms with Gasteiger partial charge in [-0.3, -0.25) is 9.00 Å². The zero-order valence-electron chi connectivity index (χ0n) is 16.4. The predicted molar refractivity (Wildman–Crippen MR) is 106 cm³/mol. The lowest BCUT2D eigenvalue weighted by atomic mass is 9.77. The van der Waals surface area contributed by atoms with E-state index in [1.54, 1.807) is 24.3 Å². The van der Waals surface area contributed by atoms with E-state index in [0.29, 0.717) is 0 Å². The standard InChI is InChI=1S/C20H26F3NO4S/c1-29(2,27)13-17(25)18(15-8-10-16(11-9-15)20(21,22)23)24-19(26)28-12-14-6-4-3-5-7-14/h3-7,13,15-16,18H,8-12H2,1-2H3,(H,24,26)/t15?,16?,18-/m0/s1. The number of ether oxygens (including phenoxy) is 1. The van der Waals surface area contributed by atoms with Gasteiger partial charge in [0.25, 0.3) is 0 Å². The van der Waals surface area contributed by atoms with Crippen LogP contribution in [0.2, 0.25) is 0 Å². The van der Waals surface area contributed by atoms with Crippen LogP contribution in [-0.2, 0) is 25.7 Å². The molecule has 1 atom stereocenters. The molecule has 0 saturated heterocycles. The number of benzene rings is 1. The fourth-order valence-electron chi connectivity index (χ4n) is 3.45. The minimum absolute atomic E-state index is 0.00356. The van der Waals surface area contributed by atoms with Crippen molar-refractivity contribution in [3.63, 3.8) is 0 Å². The molecule has 0 spiro atoms. The van der Waals surface area contributed by atoms with Crippen LogP contribution in [0, 0.1) is 11.8 Å². The van der Waals surface area contributed by atoms with Crippen molar-refractivity contribution in [2.45, 2.75) is 44.5 Å². The Morgan fingerprint density at radius 1 is 1.17 bits per heavy atom. The van der Waals surface area contributed by atoms with Gasteiger partial charge in [-0.05, 0) is 46.7 Å². The molecule has 1 aliphatic carbocycles. The third-order valence-corrected chi connectivity index (χ3v) is 5.70. The number of nitrogens with one attached hydrogen (secondary N) is 1. The van der Waals surface area contributed by atoms with Crippen molar-refractivity contribution in [3.05, 3.63) is 35.9 Å². The van der Waals surface area contributed by atoms with Crippen molar-refractivity contribution in [2.24, 2.45) is 11.8 Å². The average Bonchev–Trinajstić information content (AvgIpc) is 2.63. The molecule has 9 heteroatoms. The Bertz CT molecular complexity index is 816. The van der Waals surface area contributed by atoms with Gasteiger partial charge in [0.15, 0.2) is 5.78 Å². The Labute approximate surface area is 169 Å². The normalized spacial score (nSPS) is 21.1. The van der Waals surface area contributed by atoms with E-state index in [9.17, 15) is 27.0 Å². The SMILES string of the molecule is CS(C)(=O)=CC(=O)[C@@H](NC(=O)OCc1ccccc1)C1CCC(C(F)(F)F)CC1. The fraction of sp³-hybridized carbons (Fsp3) is 0.550. The second-order valence-corrected chi connectivity index (χ2v) is 10.5. The average molecular weight is 433 g/mol. The van der Waals surface area contributed by atoms with E-state index in [2.05, 4.69) is 5.32 Å². The van der Waals surface area contributed by atoms with Crippen molar-refractivity contribution in [2.75, 3.05) is 12.5 Å². The molecule has 0 bridgehead atoms. The summed E-state index contributed by atoms with van der Waals surface area (Å²) < 4.78 is 55.9. The maximum absolute atomic E-state index is 12.9. The summed E-state index contributed by atoms with van der Waals surface area (Å²) in [6.07, 6.45) is -2.26. The molecule has 1 fully saturated rings. The molecular formula is C20H26F3NO4S. The summed E-state index contributed by atoms with van der Waals surface area (Å²) in [6.45, 7) is -0.00356. The number of Topliss-reactive ketones (excluding diaryl/α,β-unsaturated/α-hetero) is 1. The molecule has 29 heavy (non-hydrogen) atoms. The lowest BCUT2D eigenvalue weighted by Gasteiger charge is -2.33. The second-order valence-electron chi connectivity index (χ2n) is 7.67. The van der Waals surface area contributed by atoms with Crippen LogP contribution >= 0.6 is 0 Å². The summed E-state index contributed by atoms with van der Waals surface area (Å²) >= 11 is 0. The summed E-state index contributed by atoms with van der Waals surface area (Å²) in [7, 11) is -2.53. The van der Waals surface area contributed by atoms with Crippen molar-refractivity contribution < 1.29 is 31.7 Å². The molecule has 1 saturated carbocycles. The number of halogens is 3. The van der Waals surface area contributed by atoms with Crippen LogP contribution in [0.4, 0.5) is 18.0 Å². The van der Waals surface area contributed by atoms with Crippen LogP contribution in [0.5, 0.6) is 0 Å². The van der Waals surface area contributed by atoms with Gasteiger partial charge in [0, 0.05) is 17.9 Å². The van der Waals surface area contributed by atoms with Crippen LogP contribution < -0.4 is 5.32 Å². The molecule has 0 aliphatic heterocycles. The van der Waals surface area contributed by atoms with Crippen LogP contribution in [0.3, 0.4) is 0 Å². The summed E-state index contributed by atoms with van der Waals surface area (Å²) in [5.41, 5.74) is 0.757. The van der Waals surface area contributed by atoms with E-state index in [1.165, 1.54) is 12.5 Å². The van der Waals surface area contributed by atoms with Gasteiger partial charge in [-0.1, -0.05) is 30.3 Å². The first-order valence-corrected chi connectivity index (χ1v) is 11.8. The highest BCUT2D eigenvalue weighted by Crippen LogP contribution is 2.40. The highest BCUT2D eigenvalue weighted by molar-refractivity contribution is 8.01. The number of alkyl carbamates (subject to hydrolysis) is 1. The van der Waals surface area contributed by atoms with Crippen LogP contribution in [0.25, 0.3) is 0 Å². The van der Waals surface area contributed by atoms with Gasteiger partial charge < -0.3 is 10.1 Å². The molecule has 1 amide bonds. The lowest BCUT2D eigenvalue weighted by molar-refractivity contribution is -0.184. The highest BCUT2D eigenvalue weighted by atomic mass is 32.2. The van der Waals surface area contributed by atoms with E-state index in [4.69, 9.17) is 4.74 Å². The van der Waals surface area contributed by atoms with E-state index in [1.807, 2.05) is 6.07 Å². The third-order valence-electron chi connectivity index (χ3n) is 4.90. The number of alkyl halides is 3. The monoisotopic (exact) mass is 433 g/mol. The maximum atomic E-state index is 12.9. The van der Waals surface area contributed by atoms with Crippen molar-refractivity contribution >= 4 is 26.8 Å².